The van der Waals surface area contributed by atoms with Crippen molar-refractivity contribution < 1.29 is 12.6 Å². The van der Waals surface area contributed by atoms with Gasteiger partial charge in [-0.2, -0.15) is 13.7 Å². The Morgan fingerprint density at radius 1 is 1.05 bits per heavy atom. The van der Waals surface area contributed by atoms with Gasteiger partial charge in [0.2, 0.25) is 0 Å². The van der Waals surface area contributed by atoms with Gasteiger partial charge in [-0.3, -0.25) is 0 Å². The van der Waals surface area contributed by atoms with E-state index in [9.17, 15) is 8.42 Å². The highest BCUT2D eigenvalue weighted by Crippen LogP contribution is 2.30. The Hall–Kier alpha value is -1.74. The molecule has 0 aliphatic carbocycles. The monoisotopic (exact) mass is 327 g/mol. The molecule has 4 nitrogen and oxygen atoms in total. The van der Waals surface area contributed by atoms with Gasteiger partial charge in [-0.05, 0) is 42.5 Å². The zero-order valence-electron chi connectivity index (χ0n) is 9.88. The first-order chi connectivity index (χ1) is 9.42. The average molecular weight is 328 g/mol. The molecule has 2 aromatic carbocycles. The fourth-order valence-electron chi connectivity index (χ4n) is 1.41. The van der Waals surface area contributed by atoms with Gasteiger partial charge in [-0.1, -0.05) is 23.2 Å². The number of halogens is 2. The molecule has 2 rings (SSSR count). The zero-order chi connectivity index (χ0) is 14.8. The summed E-state index contributed by atoms with van der Waals surface area (Å²) in [4.78, 5) is -0.0671. The van der Waals surface area contributed by atoms with E-state index in [0.717, 1.165) is 0 Å². The van der Waals surface area contributed by atoms with Crippen molar-refractivity contribution in [1.29, 1.82) is 5.26 Å². The maximum atomic E-state index is 12.0. The number of nitriles is 1. The molecule has 0 amide bonds. The molecule has 0 saturated carbocycles. The minimum absolute atomic E-state index is 0.0135. The van der Waals surface area contributed by atoms with Gasteiger partial charge in [0.1, 0.15) is 4.90 Å². The summed E-state index contributed by atoms with van der Waals surface area (Å²) in [7, 11) is -4.01. The minimum atomic E-state index is -4.01. The highest BCUT2D eigenvalue weighted by atomic mass is 35.5. The van der Waals surface area contributed by atoms with Crippen LogP contribution in [0, 0.1) is 11.3 Å². The van der Waals surface area contributed by atoms with Crippen LogP contribution >= 0.6 is 23.2 Å². The maximum absolute atomic E-state index is 12.0. The smallest absolute Gasteiger partial charge is 0.339 e. The highest BCUT2D eigenvalue weighted by Gasteiger charge is 2.18. The first-order valence-corrected chi connectivity index (χ1v) is 7.48. The van der Waals surface area contributed by atoms with E-state index in [4.69, 9.17) is 32.6 Å². The third kappa shape index (κ3) is 3.23. The van der Waals surface area contributed by atoms with Gasteiger partial charge in [-0.15, -0.1) is 0 Å². The highest BCUT2D eigenvalue weighted by molar-refractivity contribution is 7.87. The maximum Gasteiger partial charge on any atom is 0.339 e. The molecular weight excluding hydrogens is 321 g/mol. The van der Waals surface area contributed by atoms with E-state index in [-0.39, 0.29) is 15.7 Å². The Balaban J connectivity index is 2.33. The van der Waals surface area contributed by atoms with Crippen molar-refractivity contribution in [3.05, 3.63) is 58.1 Å². The Morgan fingerprint density at radius 2 is 1.70 bits per heavy atom. The Kier molecular flexibility index (Phi) is 4.19. The molecule has 0 heterocycles. The summed E-state index contributed by atoms with van der Waals surface area (Å²) in [5, 5.41) is 9.13. The predicted octanol–water partition coefficient (Wildman–Crippen LogP) is 3.63. The van der Waals surface area contributed by atoms with Crippen LogP contribution < -0.4 is 4.18 Å². The van der Waals surface area contributed by atoms with Crippen molar-refractivity contribution in [2.75, 3.05) is 0 Å². The topological polar surface area (TPSA) is 67.2 Å². The van der Waals surface area contributed by atoms with E-state index in [2.05, 4.69) is 0 Å². The molecule has 0 saturated heterocycles. The molecule has 0 unspecified atom stereocenters. The molecular formula is C13H7Cl2NO3S. The van der Waals surface area contributed by atoms with Crippen LogP contribution in [0.15, 0.2) is 47.4 Å². The summed E-state index contributed by atoms with van der Waals surface area (Å²) >= 11 is 11.6. The van der Waals surface area contributed by atoms with Gasteiger partial charge in [0, 0.05) is 5.02 Å². The van der Waals surface area contributed by atoms with Gasteiger partial charge in [-0.25, -0.2) is 0 Å². The van der Waals surface area contributed by atoms with Crippen molar-refractivity contribution in [1.82, 2.24) is 0 Å². The molecule has 0 spiro atoms. The number of benzene rings is 2. The lowest BCUT2D eigenvalue weighted by Crippen LogP contribution is -2.09. The molecule has 7 heteroatoms. The van der Waals surface area contributed by atoms with Crippen LogP contribution in [0.1, 0.15) is 5.56 Å². The number of rotatable bonds is 3. The van der Waals surface area contributed by atoms with Gasteiger partial charge in [0.15, 0.2) is 5.75 Å². The van der Waals surface area contributed by atoms with Crippen molar-refractivity contribution >= 4 is 33.3 Å². The van der Waals surface area contributed by atoms with E-state index in [1.54, 1.807) is 0 Å². The van der Waals surface area contributed by atoms with Crippen LogP contribution in [-0.2, 0) is 10.1 Å². The number of nitrogens with zero attached hydrogens (tertiary/aromatic N) is 1. The first kappa shape index (κ1) is 14.7. The summed E-state index contributed by atoms with van der Waals surface area (Å²) in [5.74, 6) is -0.0135. The molecule has 0 N–H and O–H groups in total. The lowest BCUT2D eigenvalue weighted by molar-refractivity contribution is 0.486. The molecule has 0 radical (unpaired) electrons. The second-order valence-corrected chi connectivity index (χ2v) is 6.14. The van der Waals surface area contributed by atoms with Crippen molar-refractivity contribution in [2.45, 2.75) is 4.90 Å². The molecule has 2 aromatic rings. The molecule has 0 aliphatic heterocycles. The molecule has 0 bridgehead atoms. The molecule has 0 aromatic heterocycles. The summed E-state index contributed by atoms with van der Waals surface area (Å²) in [5.41, 5.74) is 0.355. The SMILES string of the molecule is N#Cc1ccc(S(=O)(=O)Oc2ccc(Cl)cc2Cl)cc1. The largest absolute Gasteiger partial charge is 0.377 e. The number of hydrogen-bond acceptors (Lipinski definition) is 4. The van der Waals surface area contributed by atoms with Crippen LogP contribution in [0.25, 0.3) is 0 Å². The summed E-state index contributed by atoms with van der Waals surface area (Å²) in [6.07, 6.45) is 0. The molecule has 102 valence electrons. The van der Waals surface area contributed by atoms with E-state index in [0.29, 0.717) is 10.6 Å². The fraction of sp³-hybridized carbons (Fsp3) is 0. The zero-order valence-corrected chi connectivity index (χ0v) is 12.2. The second kappa shape index (κ2) is 5.71. The fourth-order valence-corrected chi connectivity index (χ4v) is 2.85. The predicted molar refractivity (Wildman–Crippen MR) is 75.4 cm³/mol. The molecule has 0 aliphatic rings. The Morgan fingerprint density at radius 3 is 2.25 bits per heavy atom. The van der Waals surface area contributed by atoms with Gasteiger partial charge < -0.3 is 4.18 Å². The van der Waals surface area contributed by atoms with Crippen LogP contribution in [0.2, 0.25) is 10.0 Å². The third-order valence-electron chi connectivity index (χ3n) is 2.37. The van der Waals surface area contributed by atoms with Crippen LogP contribution in [0.3, 0.4) is 0 Å². The second-order valence-electron chi connectivity index (χ2n) is 3.75. The lowest BCUT2D eigenvalue weighted by atomic mass is 10.2. The van der Waals surface area contributed by atoms with Crippen molar-refractivity contribution in [3.8, 4) is 11.8 Å². The average Bonchev–Trinajstić information content (AvgIpc) is 2.42. The summed E-state index contributed by atoms with van der Waals surface area (Å²) in [6.45, 7) is 0. The van der Waals surface area contributed by atoms with Crippen molar-refractivity contribution in [2.24, 2.45) is 0 Å². The minimum Gasteiger partial charge on any atom is -0.377 e. The molecule has 0 fully saturated rings. The Labute approximate surface area is 126 Å². The molecule has 0 atom stereocenters. The first-order valence-electron chi connectivity index (χ1n) is 5.32. The lowest BCUT2D eigenvalue weighted by Gasteiger charge is -2.08. The molecule has 20 heavy (non-hydrogen) atoms. The van der Waals surface area contributed by atoms with E-state index in [1.165, 1.54) is 42.5 Å². The van der Waals surface area contributed by atoms with Gasteiger partial charge in [0.05, 0.1) is 16.7 Å². The van der Waals surface area contributed by atoms with Crippen LogP contribution in [-0.4, -0.2) is 8.42 Å². The van der Waals surface area contributed by atoms with Crippen LogP contribution in [0.5, 0.6) is 5.75 Å². The van der Waals surface area contributed by atoms with E-state index >= 15 is 0 Å². The normalized spacial score (nSPS) is 10.8. The van der Waals surface area contributed by atoms with E-state index in [1.807, 2.05) is 6.07 Å². The van der Waals surface area contributed by atoms with E-state index < -0.39 is 10.1 Å². The standard InChI is InChI=1S/C13H7Cl2NO3S/c14-10-3-6-13(12(15)7-10)19-20(17,18)11-4-1-9(8-16)2-5-11/h1-7H. The third-order valence-corrected chi connectivity index (χ3v) is 4.14. The summed E-state index contributed by atoms with van der Waals surface area (Å²) in [6, 6.07) is 11.5. The quantitative estimate of drug-likeness (QED) is 0.807. The van der Waals surface area contributed by atoms with Crippen molar-refractivity contribution in [3.63, 3.8) is 0 Å². The Bertz CT molecular complexity index is 780. The van der Waals surface area contributed by atoms with Gasteiger partial charge >= 0.3 is 10.1 Å². The summed E-state index contributed by atoms with van der Waals surface area (Å²) < 4.78 is 29.0. The number of hydrogen-bond donors (Lipinski definition) is 0. The van der Waals surface area contributed by atoms with Crippen LogP contribution in [0.4, 0.5) is 0 Å². The van der Waals surface area contributed by atoms with Gasteiger partial charge in [0.25, 0.3) is 0 Å².